The number of halogens is 2. The Bertz CT molecular complexity index is 1440. The summed E-state index contributed by atoms with van der Waals surface area (Å²) < 4.78 is 7.46. The van der Waals surface area contributed by atoms with Crippen molar-refractivity contribution in [1.29, 1.82) is 0 Å². The van der Waals surface area contributed by atoms with Crippen LogP contribution in [0.1, 0.15) is 21.5 Å². The summed E-state index contributed by atoms with van der Waals surface area (Å²) >= 11 is 6.91. The highest BCUT2D eigenvalue weighted by molar-refractivity contribution is 14.1. The van der Waals surface area contributed by atoms with E-state index in [4.69, 9.17) is 9.84 Å². The zero-order valence-electron chi connectivity index (χ0n) is 19.1. The van der Waals surface area contributed by atoms with Gasteiger partial charge in [0.25, 0.3) is 11.6 Å². The molecule has 0 saturated carbocycles. The number of thioether (sulfide) groups is 1. The number of non-ortho nitro benzene ring substituents is 1. The van der Waals surface area contributed by atoms with E-state index in [0.717, 1.165) is 14.7 Å². The number of nitro benzene ring substituents is 1. The topological polar surface area (TPSA) is 122 Å². The number of hydrogen-bond donors (Lipinski definition) is 1. The van der Waals surface area contributed by atoms with Gasteiger partial charge in [-0.15, -0.1) is 0 Å². The van der Waals surface area contributed by atoms with Crippen molar-refractivity contribution < 1.29 is 24.4 Å². The zero-order chi connectivity index (χ0) is 26.7. The van der Waals surface area contributed by atoms with Crippen LogP contribution in [0.25, 0.3) is 6.08 Å². The summed E-state index contributed by atoms with van der Waals surface area (Å²) in [6.45, 7) is 0.236. The standard InChI is InChI=1S/C25H17BrIN3O6S/c1-29-23(31)21(37-25(29)28-17-6-4-16(5-7-17)24(32)33)12-15-10-19(26)22(20(27)11-15)36-13-14-2-8-18(9-3-14)30(34)35/h2-12H,13H2,1H3,(H,32,33)/b21-12-,28-25?. The number of rotatable bonds is 7. The smallest absolute Gasteiger partial charge is 0.335 e. The van der Waals surface area contributed by atoms with Gasteiger partial charge >= 0.3 is 5.97 Å². The molecule has 9 nitrogen and oxygen atoms in total. The predicted octanol–water partition coefficient (Wildman–Crippen LogP) is 6.47. The monoisotopic (exact) mass is 693 g/mol. The molecule has 0 spiro atoms. The number of carbonyl (C=O) groups excluding carboxylic acids is 1. The molecular formula is C25H17BrIN3O6S. The minimum absolute atomic E-state index is 0.0196. The molecule has 0 aliphatic carbocycles. The summed E-state index contributed by atoms with van der Waals surface area (Å²) in [5.41, 5.74) is 2.30. The van der Waals surface area contributed by atoms with Gasteiger partial charge in [0.2, 0.25) is 0 Å². The second-order valence-electron chi connectivity index (χ2n) is 7.75. The Morgan fingerprint density at radius 3 is 2.49 bits per heavy atom. The molecule has 0 bridgehead atoms. The van der Waals surface area contributed by atoms with E-state index in [9.17, 15) is 19.7 Å². The molecule has 12 heteroatoms. The average Bonchev–Trinajstić information content (AvgIpc) is 3.11. The largest absolute Gasteiger partial charge is 0.487 e. The Morgan fingerprint density at radius 2 is 1.89 bits per heavy atom. The van der Waals surface area contributed by atoms with Crippen molar-refractivity contribution in [3.63, 3.8) is 0 Å². The maximum atomic E-state index is 12.8. The second-order valence-corrected chi connectivity index (χ2v) is 10.8. The Hall–Kier alpha value is -3.23. The molecule has 0 radical (unpaired) electrons. The Morgan fingerprint density at radius 1 is 1.22 bits per heavy atom. The molecule has 4 rings (SSSR count). The van der Waals surface area contributed by atoms with Crippen LogP contribution in [0.4, 0.5) is 11.4 Å². The summed E-state index contributed by atoms with van der Waals surface area (Å²) in [6, 6.07) is 16.0. The highest BCUT2D eigenvalue weighted by atomic mass is 127. The number of benzene rings is 3. The molecule has 1 aliphatic heterocycles. The fourth-order valence-corrected chi connectivity index (χ4v) is 6.02. The highest BCUT2D eigenvalue weighted by Gasteiger charge is 2.30. The van der Waals surface area contributed by atoms with Gasteiger partial charge in [-0.1, -0.05) is 0 Å². The molecule has 3 aromatic carbocycles. The first-order valence-electron chi connectivity index (χ1n) is 10.6. The van der Waals surface area contributed by atoms with Crippen molar-refractivity contribution in [2.24, 2.45) is 4.99 Å². The molecule has 0 unspecified atom stereocenters. The van der Waals surface area contributed by atoms with Gasteiger partial charge in [0.05, 0.1) is 29.1 Å². The van der Waals surface area contributed by atoms with Crippen LogP contribution < -0.4 is 4.74 Å². The number of carboxylic acids is 1. The predicted molar refractivity (Wildman–Crippen MR) is 153 cm³/mol. The zero-order valence-corrected chi connectivity index (χ0v) is 23.6. The SMILES string of the molecule is CN1C(=O)/C(=C/c2cc(Br)c(OCc3ccc([N+](=O)[O-])cc3)c(I)c2)SC1=Nc1ccc(C(=O)O)cc1. The van der Waals surface area contributed by atoms with Crippen LogP contribution in [-0.4, -0.2) is 39.0 Å². The highest BCUT2D eigenvalue weighted by Crippen LogP contribution is 2.37. The molecular weight excluding hydrogens is 677 g/mol. The lowest BCUT2D eigenvalue weighted by Crippen LogP contribution is -2.23. The minimum Gasteiger partial charge on any atom is -0.487 e. The first-order chi connectivity index (χ1) is 17.6. The number of aromatic carboxylic acids is 1. The quantitative estimate of drug-likeness (QED) is 0.130. The summed E-state index contributed by atoms with van der Waals surface area (Å²) in [7, 11) is 1.63. The van der Waals surface area contributed by atoms with Gasteiger partial charge in [-0.25, -0.2) is 9.79 Å². The number of nitro groups is 1. The molecule has 3 aromatic rings. The van der Waals surface area contributed by atoms with Crippen molar-refractivity contribution in [2.75, 3.05) is 7.05 Å². The van der Waals surface area contributed by atoms with Crippen molar-refractivity contribution in [1.82, 2.24) is 4.90 Å². The van der Waals surface area contributed by atoms with Crippen LogP contribution in [0, 0.1) is 13.7 Å². The molecule has 188 valence electrons. The van der Waals surface area contributed by atoms with Crippen LogP contribution >= 0.6 is 50.3 Å². The van der Waals surface area contributed by atoms with E-state index in [0.29, 0.717) is 26.0 Å². The van der Waals surface area contributed by atoms with E-state index in [1.54, 1.807) is 37.4 Å². The van der Waals surface area contributed by atoms with E-state index < -0.39 is 10.9 Å². The molecule has 1 N–H and O–H groups in total. The summed E-state index contributed by atoms with van der Waals surface area (Å²) in [5, 5.41) is 20.3. The van der Waals surface area contributed by atoms with Crippen LogP contribution in [0.3, 0.4) is 0 Å². The van der Waals surface area contributed by atoms with Crippen LogP contribution in [0.15, 0.2) is 75.0 Å². The average molecular weight is 694 g/mol. The van der Waals surface area contributed by atoms with E-state index in [-0.39, 0.29) is 23.8 Å². The lowest BCUT2D eigenvalue weighted by molar-refractivity contribution is -0.384. The van der Waals surface area contributed by atoms with Crippen molar-refractivity contribution in [3.8, 4) is 5.75 Å². The maximum absolute atomic E-state index is 12.8. The number of ether oxygens (including phenoxy) is 1. The van der Waals surface area contributed by atoms with Crippen LogP contribution in [0.2, 0.25) is 0 Å². The molecule has 1 fully saturated rings. The summed E-state index contributed by atoms with van der Waals surface area (Å²) in [5.74, 6) is -0.596. The summed E-state index contributed by atoms with van der Waals surface area (Å²) in [6.07, 6.45) is 1.77. The van der Waals surface area contributed by atoms with Gasteiger partial charge in [-0.2, -0.15) is 0 Å². The van der Waals surface area contributed by atoms with E-state index >= 15 is 0 Å². The second kappa shape index (κ2) is 11.4. The van der Waals surface area contributed by atoms with E-state index in [1.165, 1.54) is 40.9 Å². The third-order valence-electron chi connectivity index (χ3n) is 5.19. The Balaban J connectivity index is 1.49. The van der Waals surface area contributed by atoms with Gasteiger partial charge in [0.15, 0.2) is 5.17 Å². The van der Waals surface area contributed by atoms with Gasteiger partial charge in [-0.05, 0) is 116 Å². The minimum atomic E-state index is -1.02. The number of nitrogens with zero attached hydrogens (tertiary/aromatic N) is 3. The molecule has 1 heterocycles. The van der Waals surface area contributed by atoms with Gasteiger partial charge in [0, 0.05) is 19.2 Å². The first kappa shape index (κ1) is 26.8. The third-order valence-corrected chi connectivity index (χ3v) is 7.64. The number of aliphatic imine (C=N–C) groups is 1. The molecule has 1 saturated heterocycles. The van der Waals surface area contributed by atoms with Crippen LogP contribution in [0.5, 0.6) is 5.75 Å². The van der Waals surface area contributed by atoms with Crippen molar-refractivity contribution >= 4 is 84.8 Å². The maximum Gasteiger partial charge on any atom is 0.335 e. The van der Waals surface area contributed by atoms with Gasteiger partial charge < -0.3 is 9.84 Å². The van der Waals surface area contributed by atoms with Gasteiger partial charge in [0.1, 0.15) is 12.4 Å². The van der Waals surface area contributed by atoms with Crippen LogP contribution in [-0.2, 0) is 11.4 Å². The molecule has 37 heavy (non-hydrogen) atoms. The fourth-order valence-electron chi connectivity index (χ4n) is 3.26. The summed E-state index contributed by atoms with van der Waals surface area (Å²) in [4.78, 5) is 40.6. The number of likely N-dealkylation sites (N-methyl/N-ethyl adjacent to an activating group) is 1. The molecule has 0 atom stereocenters. The van der Waals surface area contributed by atoms with E-state index in [1.807, 2.05) is 12.1 Å². The normalized spacial score (nSPS) is 15.4. The van der Waals surface area contributed by atoms with Crippen molar-refractivity contribution in [3.05, 3.63) is 100 Å². The van der Waals surface area contributed by atoms with Gasteiger partial charge in [-0.3, -0.25) is 19.8 Å². The third kappa shape index (κ3) is 6.37. The first-order valence-corrected chi connectivity index (χ1v) is 13.3. The van der Waals surface area contributed by atoms with Crippen molar-refractivity contribution in [2.45, 2.75) is 6.61 Å². The molecule has 0 aromatic heterocycles. The Labute approximate surface area is 237 Å². The fraction of sp³-hybridized carbons (Fsp3) is 0.0800. The number of amides is 1. The number of hydrogen-bond acceptors (Lipinski definition) is 7. The molecule has 1 aliphatic rings. The molecule has 1 amide bonds. The van der Waals surface area contributed by atoms with E-state index in [2.05, 4.69) is 43.5 Å². The lowest BCUT2D eigenvalue weighted by atomic mass is 10.2. The number of carboxylic acid groups (broad SMARTS) is 1. The number of carbonyl (C=O) groups is 2. The lowest BCUT2D eigenvalue weighted by Gasteiger charge is -2.12. The Kier molecular flexibility index (Phi) is 8.29. The number of amidine groups is 1.